The number of likely N-dealkylation sites (tertiary alicyclic amines) is 1. The summed E-state index contributed by atoms with van der Waals surface area (Å²) in [5.74, 6) is 3.35. The van der Waals surface area contributed by atoms with Crippen LogP contribution in [0.15, 0.2) is 53.1 Å². The van der Waals surface area contributed by atoms with Crippen molar-refractivity contribution >= 4 is 5.91 Å². The highest BCUT2D eigenvalue weighted by Gasteiger charge is 2.30. The van der Waals surface area contributed by atoms with E-state index in [1.807, 2.05) is 53.4 Å². The Hall–Kier alpha value is -3.55. The summed E-state index contributed by atoms with van der Waals surface area (Å²) in [5, 5.41) is 4.13. The van der Waals surface area contributed by atoms with Gasteiger partial charge in [-0.2, -0.15) is 4.98 Å². The first-order valence-electron chi connectivity index (χ1n) is 10.4. The first-order chi connectivity index (χ1) is 15.2. The van der Waals surface area contributed by atoms with Crippen molar-refractivity contribution in [1.82, 2.24) is 15.0 Å². The predicted molar refractivity (Wildman–Crippen MR) is 111 cm³/mol. The van der Waals surface area contributed by atoms with Crippen molar-refractivity contribution in [1.29, 1.82) is 0 Å². The van der Waals surface area contributed by atoms with Crippen LogP contribution in [0.25, 0.3) is 11.4 Å². The third-order valence-electron chi connectivity index (χ3n) is 5.63. The molecular weight excluding hydrogens is 398 g/mol. The molecule has 8 nitrogen and oxygen atoms in total. The van der Waals surface area contributed by atoms with Crippen LogP contribution < -0.4 is 14.2 Å². The molecule has 3 heterocycles. The van der Waals surface area contributed by atoms with E-state index >= 15 is 0 Å². The van der Waals surface area contributed by atoms with E-state index < -0.39 is 6.10 Å². The Morgan fingerprint density at radius 3 is 2.68 bits per heavy atom. The Morgan fingerprint density at radius 1 is 1.10 bits per heavy atom. The lowest BCUT2D eigenvalue weighted by Crippen LogP contribution is -2.44. The average molecular weight is 421 g/mol. The molecule has 5 rings (SSSR count). The number of piperidine rings is 1. The Labute approximate surface area is 179 Å². The van der Waals surface area contributed by atoms with E-state index in [0.717, 1.165) is 24.2 Å². The molecule has 1 saturated heterocycles. The number of hydrogen-bond donors (Lipinski definition) is 0. The minimum absolute atomic E-state index is 0.00567. The Morgan fingerprint density at radius 2 is 1.87 bits per heavy atom. The zero-order chi connectivity index (χ0) is 21.2. The van der Waals surface area contributed by atoms with E-state index in [4.69, 9.17) is 18.7 Å². The van der Waals surface area contributed by atoms with Crippen molar-refractivity contribution in [3.63, 3.8) is 0 Å². The molecule has 1 atom stereocenters. The van der Waals surface area contributed by atoms with Crippen LogP contribution in [-0.4, -0.2) is 46.9 Å². The number of amides is 1. The van der Waals surface area contributed by atoms with Gasteiger partial charge < -0.3 is 23.6 Å². The number of benzene rings is 2. The highest BCUT2D eigenvalue weighted by Crippen LogP contribution is 2.36. The van der Waals surface area contributed by atoms with Crippen LogP contribution in [0.2, 0.25) is 0 Å². The summed E-state index contributed by atoms with van der Waals surface area (Å²) in [4.78, 5) is 19.2. The Balaban J connectivity index is 1.19. The number of carbonyl (C=O) groups is 1. The van der Waals surface area contributed by atoms with Gasteiger partial charge in [-0.3, -0.25) is 4.79 Å². The third-order valence-corrected chi connectivity index (χ3v) is 5.63. The molecule has 2 aliphatic heterocycles. The van der Waals surface area contributed by atoms with Crippen LogP contribution in [0.1, 0.15) is 31.6 Å². The quantitative estimate of drug-likeness (QED) is 0.622. The number of aromatic nitrogens is 2. The van der Waals surface area contributed by atoms with Crippen molar-refractivity contribution in [2.24, 2.45) is 0 Å². The average Bonchev–Trinajstić information content (AvgIpc) is 3.48. The van der Waals surface area contributed by atoms with E-state index in [2.05, 4.69) is 10.1 Å². The fourth-order valence-corrected chi connectivity index (χ4v) is 3.91. The van der Waals surface area contributed by atoms with Gasteiger partial charge in [-0.05, 0) is 50.1 Å². The first-order valence-corrected chi connectivity index (χ1v) is 10.4. The van der Waals surface area contributed by atoms with Gasteiger partial charge in [0.1, 0.15) is 5.75 Å². The van der Waals surface area contributed by atoms with Crippen LogP contribution in [0, 0.1) is 0 Å². The van der Waals surface area contributed by atoms with Crippen LogP contribution in [0.4, 0.5) is 0 Å². The van der Waals surface area contributed by atoms with Gasteiger partial charge in [0.25, 0.3) is 5.91 Å². The normalized spacial score (nSPS) is 16.9. The predicted octanol–water partition coefficient (Wildman–Crippen LogP) is 3.64. The molecule has 160 valence electrons. The number of rotatable bonds is 5. The second kappa shape index (κ2) is 8.29. The number of hydrogen-bond acceptors (Lipinski definition) is 7. The third kappa shape index (κ3) is 4.05. The molecule has 1 aromatic heterocycles. The fourth-order valence-electron chi connectivity index (χ4n) is 3.91. The monoisotopic (exact) mass is 421 g/mol. The number of ether oxygens (including phenoxy) is 3. The van der Waals surface area contributed by atoms with E-state index in [1.54, 1.807) is 6.92 Å². The molecule has 3 aromatic rings. The number of nitrogens with zero attached hydrogens (tertiary/aromatic N) is 3. The summed E-state index contributed by atoms with van der Waals surface area (Å²) in [6, 6.07) is 15.0. The maximum Gasteiger partial charge on any atom is 0.263 e. The number of para-hydroxylation sites is 1. The first kappa shape index (κ1) is 19.4. The fraction of sp³-hybridized carbons (Fsp3) is 0.348. The summed E-state index contributed by atoms with van der Waals surface area (Å²) in [6.45, 7) is 3.28. The largest absolute Gasteiger partial charge is 0.481 e. The minimum Gasteiger partial charge on any atom is -0.481 e. The minimum atomic E-state index is -0.528. The maximum absolute atomic E-state index is 12.8. The van der Waals surface area contributed by atoms with E-state index in [9.17, 15) is 4.79 Å². The summed E-state index contributed by atoms with van der Waals surface area (Å²) in [5.41, 5.74) is 0.818. The summed E-state index contributed by atoms with van der Waals surface area (Å²) >= 11 is 0. The zero-order valence-corrected chi connectivity index (χ0v) is 17.2. The molecule has 0 bridgehead atoms. The second-order valence-electron chi connectivity index (χ2n) is 7.70. The maximum atomic E-state index is 12.8. The lowest BCUT2D eigenvalue weighted by Gasteiger charge is -2.32. The molecule has 2 aromatic carbocycles. The second-order valence-corrected chi connectivity index (χ2v) is 7.70. The van der Waals surface area contributed by atoms with Crippen molar-refractivity contribution in [3.8, 4) is 28.6 Å². The van der Waals surface area contributed by atoms with Crippen LogP contribution >= 0.6 is 0 Å². The van der Waals surface area contributed by atoms with Crippen molar-refractivity contribution < 1.29 is 23.5 Å². The molecular formula is C23H23N3O5. The number of carbonyl (C=O) groups excluding carboxylic acids is 1. The van der Waals surface area contributed by atoms with Gasteiger partial charge in [0.05, 0.1) is 0 Å². The molecule has 1 fully saturated rings. The van der Waals surface area contributed by atoms with Crippen LogP contribution in [0.5, 0.6) is 17.2 Å². The molecule has 1 unspecified atom stereocenters. The van der Waals surface area contributed by atoms with E-state index in [0.29, 0.717) is 36.3 Å². The summed E-state index contributed by atoms with van der Waals surface area (Å²) in [6.07, 6.45) is 1.01. The molecule has 1 amide bonds. The molecule has 2 aliphatic rings. The number of fused-ring (bicyclic) bond motifs is 1. The molecule has 8 heteroatoms. The summed E-state index contributed by atoms with van der Waals surface area (Å²) in [7, 11) is 0. The Kier molecular flexibility index (Phi) is 5.19. The smallest absolute Gasteiger partial charge is 0.263 e. The lowest BCUT2D eigenvalue weighted by atomic mass is 9.96. The van der Waals surface area contributed by atoms with Crippen molar-refractivity contribution in [3.05, 3.63) is 54.4 Å². The lowest BCUT2D eigenvalue weighted by molar-refractivity contribution is -0.139. The highest BCUT2D eigenvalue weighted by atomic mass is 16.7. The van der Waals surface area contributed by atoms with Gasteiger partial charge in [-0.1, -0.05) is 23.4 Å². The van der Waals surface area contributed by atoms with E-state index in [-0.39, 0.29) is 18.6 Å². The molecule has 0 saturated carbocycles. The van der Waals surface area contributed by atoms with Crippen LogP contribution in [0.3, 0.4) is 0 Å². The van der Waals surface area contributed by atoms with Crippen LogP contribution in [-0.2, 0) is 4.79 Å². The molecule has 31 heavy (non-hydrogen) atoms. The zero-order valence-electron chi connectivity index (χ0n) is 17.2. The van der Waals surface area contributed by atoms with Gasteiger partial charge >= 0.3 is 0 Å². The standard InChI is InChI=1S/C23H23N3O5/c1-15(30-18-5-3-2-4-6-18)23(27)26-11-9-16(10-12-26)22-24-21(25-31-22)17-7-8-19-20(13-17)29-14-28-19/h2-8,13,15-16H,9-12,14H2,1H3. The topological polar surface area (TPSA) is 86.9 Å². The van der Waals surface area contributed by atoms with E-state index in [1.165, 1.54) is 0 Å². The van der Waals surface area contributed by atoms with Gasteiger partial charge in [-0.15, -0.1) is 0 Å². The summed E-state index contributed by atoms with van der Waals surface area (Å²) < 4.78 is 22.1. The Bertz CT molecular complexity index is 1060. The molecule has 0 aliphatic carbocycles. The van der Waals surface area contributed by atoms with Crippen molar-refractivity contribution in [2.75, 3.05) is 19.9 Å². The van der Waals surface area contributed by atoms with Gasteiger partial charge in [-0.25, -0.2) is 0 Å². The SMILES string of the molecule is CC(Oc1ccccc1)C(=O)N1CCC(c2nc(-c3ccc4c(c3)OCO4)no2)CC1. The van der Waals surface area contributed by atoms with Crippen molar-refractivity contribution in [2.45, 2.75) is 31.8 Å². The van der Waals surface area contributed by atoms with Gasteiger partial charge in [0.15, 0.2) is 17.6 Å². The highest BCUT2D eigenvalue weighted by molar-refractivity contribution is 5.81. The molecule has 0 N–H and O–H groups in total. The van der Waals surface area contributed by atoms with Gasteiger partial charge in [0, 0.05) is 24.6 Å². The van der Waals surface area contributed by atoms with Gasteiger partial charge in [0.2, 0.25) is 18.5 Å². The molecule has 0 spiro atoms. The molecule has 0 radical (unpaired) electrons.